The normalized spacial score (nSPS) is 20.0. The lowest BCUT2D eigenvalue weighted by molar-refractivity contribution is -0.117. The molecule has 2 heterocycles. The fourth-order valence-corrected chi connectivity index (χ4v) is 3.25. The molecule has 7 heteroatoms. The standard InChI is InChI=1S/C17H23N3O3.ClH/c1-23-15-10-13(19-16(21)11-12-4-2-8-18-12)6-7-14(15)20-9-3-5-17(20)22;/h6-7,10,12,18H,2-5,8-9,11H2,1H3,(H,19,21);1H. The number of rotatable bonds is 5. The first-order valence-corrected chi connectivity index (χ1v) is 8.19. The number of nitrogens with zero attached hydrogens (tertiary/aromatic N) is 1. The molecule has 2 fully saturated rings. The number of methoxy groups -OCH3 is 1. The highest BCUT2D eigenvalue weighted by atomic mass is 35.5. The van der Waals surface area contributed by atoms with Gasteiger partial charge >= 0.3 is 0 Å². The maximum absolute atomic E-state index is 12.1. The van der Waals surface area contributed by atoms with Gasteiger partial charge in [0.25, 0.3) is 0 Å². The molecule has 0 bridgehead atoms. The van der Waals surface area contributed by atoms with Crippen molar-refractivity contribution in [2.45, 2.75) is 38.1 Å². The molecule has 1 atom stereocenters. The highest BCUT2D eigenvalue weighted by Crippen LogP contribution is 2.33. The lowest BCUT2D eigenvalue weighted by atomic mass is 10.1. The predicted molar refractivity (Wildman–Crippen MR) is 96.1 cm³/mol. The largest absolute Gasteiger partial charge is 0.494 e. The maximum Gasteiger partial charge on any atom is 0.227 e. The van der Waals surface area contributed by atoms with E-state index in [1.807, 2.05) is 12.1 Å². The highest BCUT2D eigenvalue weighted by molar-refractivity contribution is 5.98. The van der Waals surface area contributed by atoms with E-state index in [1.54, 1.807) is 18.1 Å². The zero-order valence-corrected chi connectivity index (χ0v) is 14.7. The lowest BCUT2D eigenvalue weighted by Crippen LogP contribution is -2.27. The first kappa shape index (κ1) is 18.5. The number of carbonyl (C=O) groups is 2. The quantitative estimate of drug-likeness (QED) is 0.852. The highest BCUT2D eigenvalue weighted by Gasteiger charge is 2.25. The fourth-order valence-electron chi connectivity index (χ4n) is 3.25. The van der Waals surface area contributed by atoms with Crippen LogP contribution in [0, 0.1) is 0 Å². The van der Waals surface area contributed by atoms with E-state index in [0.29, 0.717) is 30.8 Å². The first-order valence-electron chi connectivity index (χ1n) is 8.19. The minimum absolute atomic E-state index is 0. The van der Waals surface area contributed by atoms with Crippen LogP contribution in [0.1, 0.15) is 32.1 Å². The second kappa shape index (κ2) is 8.35. The first-order chi connectivity index (χ1) is 11.2. The SMILES string of the molecule is COc1cc(NC(=O)CC2CCCN2)ccc1N1CCCC1=O.Cl. The molecule has 2 amide bonds. The Balaban J connectivity index is 0.00000208. The minimum Gasteiger partial charge on any atom is -0.494 e. The summed E-state index contributed by atoms with van der Waals surface area (Å²) >= 11 is 0. The number of anilines is 2. The lowest BCUT2D eigenvalue weighted by Gasteiger charge is -2.20. The van der Waals surface area contributed by atoms with Gasteiger partial charge in [-0.2, -0.15) is 0 Å². The van der Waals surface area contributed by atoms with Crippen molar-refractivity contribution < 1.29 is 14.3 Å². The fraction of sp³-hybridized carbons (Fsp3) is 0.529. The van der Waals surface area contributed by atoms with Crippen LogP contribution in [0.3, 0.4) is 0 Å². The van der Waals surface area contributed by atoms with Gasteiger partial charge in [-0.05, 0) is 37.9 Å². The van der Waals surface area contributed by atoms with E-state index in [-0.39, 0.29) is 30.3 Å². The maximum atomic E-state index is 12.1. The number of carbonyl (C=O) groups excluding carboxylic acids is 2. The molecule has 6 nitrogen and oxygen atoms in total. The average Bonchev–Trinajstić information content (AvgIpc) is 3.19. The number of ether oxygens (including phenoxy) is 1. The van der Waals surface area contributed by atoms with Crippen molar-refractivity contribution in [3.8, 4) is 5.75 Å². The molecule has 2 aliphatic rings. The van der Waals surface area contributed by atoms with Crippen LogP contribution < -0.4 is 20.3 Å². The number of hydrogen-bond donors (Lipinski definition) is 2. The Morgan fingerprint density at radius 2 is 2.25 bits per heavy atom. The van der Waals surface area contributed by atoms with Crippen LogP contribution in [-0.2, 0) is 9.59 Å². The zero-order valence-electron chi connectivity index (χ0n) is 13.8. The molecule has 1 unspecified atom stereocenters. The monoisotopic (exact) mass is 353 g/mol. The number of hydrogen-bond acceptors (Lipinski definition) is 4. The summed E-state index contributed by atoms with van der Waals surface area (Å²) in [5.41, 5.74) is 1.46. The summed E-state index contributed by atoms with van der Waals surface area (Å²) in [7, 11) is 1.58. The summed E-state index contributed by atoms with van der Waals surface area (Å²) in [6.45, 7) is 1.71. The van der Waals surface area contributed by atoms with Crippen molar-refractivity contribution >= 4 is 35.6 Å². The number of benzene rings is 1. The van der Waals surface area contributed by atoms with E-state index >= 15 is 0 Å². The van der Waals surface area contributed by atoms with Crippen molar-refractivity contribution in [2.24, 2.45) is 0 Å². The van der Waals surface area contributed by atoms with Gasteiger partial charge < -0.3 is 20.3 Å². The van der Waals surface area contributed by atoms with Gasteiger partial charge in [0.1, 0.15) is 5.75 Å². The van der Waals surface area contributed by atoms with Gasteiger partial charge in [0, 0.05) is 37.2 Å². The number of halogens is 1. The molecule has 0 aliphatic carbocycles. The average molecular weight is 354 g/mol. The summed E-state index contributed by atoms with van der Waals surface area (Å²) in [5.74, 6) is 0.723. The van der Waals surface area contributed by atoms with Crippen molar-refractivity contribution in [2.75, 3.05) is 30.4 Å². The van der Waals surface area contributed by atoms with E-state index in [1.165, 1.54) is 0 Å². The summed E-state index contributed by atoms with van der Waals surface area (Å²) < 4.78 is 5.40. The van der Waals surface area contributed by atoms with Crippen molar-refractivity contribution in [1.82, 2.24) is 5.32 Å². The topological polar surface area (TPSA) is 70.7 Å². The molecule has 0 spiro atoms. The Kier molecular flexibility index (Phi) is 6.45. The van der Waals surface area contributed by atoms with Crippen LogP contribution in [0.2, 0.25) is 0 Å². The minimum atomic E-state index is -0.00329. The molecular formula is C17H24ClN3O3. The summed E-state index contributed by atoms with van der Waals surface area (Å²) in [5, 5.41) is 6.23. The van der Waals surface area contributed by atoms with Crippen LogP contribution in [0.4, 0.5) is 11.4 Å². The van der Waals surface area contributed by atoms with Gasteiger partial charge in [0.2, 0.25) is 11.8 Å². The Morgan fingerprint density at radius 1 is 1.42 bits per heavy atom. The third kappa shape index (κ3) is 4.19. The van der Waals surface area contributed by atoms with Gasteiger partial charge in [-0.15, -0.1) is 12.4 Å². The summed E-state index contributed by atoms with van der Waals surface area (Å²) in [4.78, 5) is 25.7. The Morgan fingerprint density at radius 3 is 2.88 bits per heavy atom. The van der Waals surface area contributed by atoms with Gasteiger partial charge in [0.05, 0.1) is 12.8 Å². The Bertz CT molecular complexity index is 603. The molecule has 2 aliphatic heterocycles. The molecule has 1 aromatic carbocycles. The van der Waals surface area contributed by atoms with Crippen LogP contribution in [-0.4, -0.2) is 38.1 Å². The van der Waals surface area contributed by atoms with E-state index in [2.05, 4.69) is 10.6 Å². The summed E-state index contributed by atoms with van der Waals surface area (Å²) in [6.07, 6.45) is 4.11. The molecule has 0 saturated carbocycles. The molecule has 2 N–H and O–H groups in total. The van der Waals surface area contributed by atoms with Gasteiger partial charge in [-0.1, -0.05) is 0 Å². The van der Waals surface area contributed by atoms with Crippen molar-refractivity contribution in [3.63, 3.8) is 0 Å². The third-order valence-electron chi connectivity index (χ3n) is 4.42. The van der Waals surface area contributed by atoms with Crippen molar-refractivity contribution in [3.05, 3.63) is 18.2 Å². The van der Waals surface area contributed by atoms with Gasteiger partial charge in [-0.25, -0.2) is 0 Å². The van der Waals surface area contributed by atoms with Crippen LogP contribution in [0.15, 0.2) is 18.2 Å². The van der Waals surface area contributed by atoms with Crippen LogP contribution >= 0.6 is 12.4 Å². The van der Waals surface area contributed by atoms with Crippen LogP contribution in [0.5, 0.6) is 5.75 Å². The van der Waals surface area contributed by atoms with E-state index in [9.17, 15) is 9.59 Å². The van der Waals surface area contributed by atoms with Gasteiger partial charge in [-0.3, -0.25) is 9.59 Å². The second-order valence-corrected chi connectivity index (χ2v) is 6.08. The molecule has 1 aromatic rings. The third-order valence-corrected chi connectivity index (χ3v) is 4.42. The van der Waals surface area contributed by atoms with E-state index in [0.717, 1.165) is 31.5 Å². The van der Waals surface area contributed by atoms with Gasteiger partial charge in [0.15, 0.2) is 0 Å². The molecule has 24 heavy (non-hydrogen) atoms. The predicted octanol–water partition coefficient (Wildman–Crippen LogP) is 2.32. The Labute approximate surface area is 148 Å². The van der Waals surface area contributed by atoms with Crippen molar-refractivity contribution in [1.29, 1.82) is 0 Å². The Hall–Kier alpha value is -1.79. The molecule has 0 radical (unpaired) electrons. The molecule has 0 aromatic heterocycles. The summed E-state index contributed by atoms with van der Waals surface area (Å²) in [6, 6.07) is 5.72. The molecular weight excluding hydrogens is 330 g/mol. The van der Waals surface area contributed by atoms with E-state index < -0.39 is 0 Å². The molecule has 3 rings (SSSR count). The zero-order chi connectivity index (χ0) is 16.2. The second-order valence-electron chi connectivity index (χ2n) is 6.08. The smallest absolute Gasteiger partial charge is 0.227 e. The molecule has 2 saturated heterocycles. The van der Waals surface area contributed by atoms with Crippen LogP contribution in [0.25, 0.3) is 0 Å². The number of nitrogens with one attached hydrogen (secondary N) is 2. The number of amides is 2. The molecule has 132 valence electrons. The van der Waals surface area contributed by atoms with E-state index in [4.69, 9.17) is 4.74 Å².